The van der Waals surface area contributed by atoms with Crippen LogP contribution in [0.2, 0.25) is 5.02 Å². The normalized spacial score (nSPS) is 10.5. The van der Waals surface area contributed by atoms with E-state index in [1.54, 1.807) is 6.07 Å². The third kappa shape index (κ3) is 3.75. The molecule has 0 amide bonds. The maximum Gasteiger partial charge on any atom is 0.312 e. The second kappa shape index (κ2) is 5.88. The number of rotatable bonds is 5. The average molecular weight is 285 g/mol. The quantitative estimate of drug-likeness (QED) is 0.851. The van der Waals surface area contributed by atoms with E-state index in [2.05, 4.69) is 10.1 Å². The molecular formula is C11H9ClN2O3S. The summed E-state index contributed by atoms with van der Waals surface area (Å²) in [5.41, 5.74) is 0. The van der Waals surface area contributed by atoms with Crippen LogP contribution in [-0.4, -0.2) is 21.2 Å². The fourth-order valence-electron chi connectivity index (χ4n) is 1.25. The molecule has 0 aliphatic heterocycles. The molecule has 5 nitrogen and oxygen atoms in total. The number of nitrogens with zero attached hydrogens (tertiary/aromatic N) is 2. The Morgan fingerprint density at radius 2 is 2.33 bits per heavy atom. The molecule has 1 N–H and O–H groups in total. The van der Waals surface area contributed by atoms with Crippen molar-refractivity contribution in [1.29, 1.82) is 0 Å². The van der Waals surface area contributed by atoms with Gasteiger partial charge in [0.1, 0.15) is 6.42 Å². The van der Waals surface area contributed by atoms with Crippen LogP contribution in [0.4, 0.5) is 0 Å². The van der Waals surface area contributed by atoms with Gasteiger partial charge in [-0.15, -0.1) is 11.8 Å². The van der Waals surface area contributed by atoms with Gasteiger partial charge in [0.2, 0.25) is 5.89 Å². The van der Waals surface area contributed by atoms with Crippen molar-refractivity contribution in [2.75, 3.05) is 0 Å². The Balaban J connectivity index is 1.94. The molecule has 94 valence electrons. The highest BCUT2D eigenvalue weighted by molar-refractivity contribution is 7.98. The van der Waals surface area contributed by atoms with Gasteiger partial charge >= 0.3 is 5.97 Å². The predicted molar refractivity (Wildman–Crippen MR) is 66.7 cm³/mol. The van der Waals surface area contributed by atoms with E-state index in [0.29, 0.717) is 16.6 Å². The third-order valence-electron chi connectivity index (χ3n) is 1.98. The predicted octanol–water partition coefficient (Wildman–Crippen LogP) is 2.64. The Hall–Kier alpha value is -1.53. The molecule has 0 unspecified atom stereocenters. The van der Waals surface area contributed by atoms with Crippen LogP contribution in [0.5, 0.6) is 0 Å². The number of hydrogen-bond donors (Lipinski definition) is 1. The van der Waals surface area contributed by atoms with E-state index in [1.165, 1.54) is 11.8 Å². The molecule has 0 radical (unpaired) electrons. The Bertz CT molecular complexity index is 559. The fourth-order valence-corrected chi connectivity index (χ4v) is 2.31. The molecule has 1 heterocycles. The van der Waals surface area contributed by atoms with Crippen LogP contribution in [-0.2, 0) is 17.0 Å². The van der Waals surface area contributed by atoms with Gasteiger partial charge in [0, 0.05) is 9.92 Å². The van der Waals surface area contributed by atoms with Gasteiger partial charge in [-0.3, -0.25) is 4.79 Å². The Morgan fingerprint density at radius 1 is 1.50 bits per heavy atom. The monoisotopic (exact) mass is 284 g/mol. The maximum atomic E-state index is 10.4. The Morgan fingerprint density at radius 3 is 3.06 bits per heavy atom. The van der Waals surface area contributed by atoms with E-state index >= 15 is 0 Å². The van der Waals surface area contributed by atoms with E-state index in [4.69, 9.17) is 21.2 Å². The molecule has 2 aromatic rings. The smallest absolute Gasteiger partial charge is 0.312 e. The van der Waals surface area contributed by atoms with E-state index in [-0.39, 0.29) is 12.3 Å². The van der Waals surface area contributed by atoms with Crippen LogP contribution in [0.3, 0.4) is 0 Å². The molecule has 1 aromatic carbocycles. The number of benzene rings is 1. The van der Waals surface area contributed by atoms with Gasteiger partial charge in [-0.05, 0) is 18.2 Å². The van der Waals surface area contributed by atoms with Crippen molar-refractivity contribution in [2.24, 2.45) is 0 Å². The summed E-state index contributed by atoms with van der Waals surface area (Å²) in [6.45, 7) is 0. The van der Waals surface area contributed by atoms with Gasteiger partial charge in [0.05, 0.1) is 5.75 Å². The summed E-state index contributed by atoms with van der Waals surface area (Å²) >= 11 is 7.36. The first-order chi connectivity index (χ1) is 8.63. The van der Waals surface area contributed by atoms with Crippen molar-refractivity contribution < 1.29 is 14.4 Å². The van der Waals surface area contributed by atoms with Crippen LogP contribution in [0.15, 0.2) is 33.7 Å². The van der Waals surface area contributed by atoms with E-state index in [9.17, 15) is 4.79 Å². The number of thioether (sulfide) groups is 1. The first kappa shape index (κ1) is 12.9. The number of halogens is 1. The lowest BCUT2D eigenvalue weighted by molar-refractivity contribution is -0.136. The van der Waals surface area contributed by atoms with Crippen molar-refractivity contribution >= 4 is 29.3 Å². The van der Waals surface area contributed by atoms with Crippen LogP contribution in [0.1, 0.15) is 11.7 Å². The van der Waals surface area contributed by atoms with Crippen molar-refractivity contribution in [3.05, 3.63) is 41.0 Å². The number of aromatic nitrogens is 2. The Labute approximate surface area is 112 Å². The molecule has 0 aliphatic carbocycles. The van der Waals surface area contributed by atoms with Crippen molar-refractivity contribution in [3.63, 3.8) is 0 Å². The minimum Gasteiger partial charge on any atom is -0.481 e. The first-order valence-electron chi connectivity index (χ1n) is 5.05. The summed E-state index contributed by atoms with van der Waals surface area (Å²) in [6.07, 6.45) is -0.255. The second-order valence-corrected chi connectivity index (χ2v) is 4.91. The van der Waals surface area contributed by atoms with E-state index in [1.807, 2.05) is 18.2 Å². The van der Waals surface area contributed by atoms with Gasteiger partial charge < -0.3 is 9.63 Å². The molecule has 0 aliphatic rings. The Kier molecular flexibility index (Phi) is 4.22. The first-order valence-corrected chi connectivity index (χ1v) is 6.41. The van der Waals surface area contributed by atoms with Crippen LogP contribution in [0, 0.1) is 0 Å². The van der Waals surface area contributed by atoms with Crippen molar-refractivity contribution in [3.8, 4) is 0 Å². The lowest BCUT2D eigenvalue weighted by atomic mass is 10.4. The molecule has 0 saturated carbocycles. The summed E-state index contributed by atoms with van der Waals surface area (Å²) in [5.74, 6) is 0.0943. The molecule has 7 heteroatoms. The van der Waals surface area contributed by atoms with Crippen LogP contribution >= 0.6 is 23.4 Å². The summed E-state index contributed by atoms with van der Waals surface area (Å²) < 4.78 is 4.81. The largest absolute Gasteiger partial charge is 0.481 e. The summed E-state index contributed by atoms with van der Waals surface area (Å²) in [5, 5.41) is 12.9. The lowest BCUT2D eigenvalue weighted by Crippen LogP contribution is -2.00. The number of carboxylic acids is 1. The molecule has 0 saturated heterocycles. The summed E-state index contributed by atoms with van der Waals surface area (Å²) in [4.78, 5) is 15.4. The zero-order valence-corrected chi connectivity index (χ0v) is 10.7. The molecule has 1 aromatic heterocycles. The van der Waals surface area contributed by atoms with Crippen molar-refractivity contribution in [1.82, 2.24) is 10.1 Å². The van der Waals surface area contributed by atoms with Gasteiger partial charge in [-0.25, -0.2) is 0 Å². The summed E-state index contributed by atoms with van der Waals surface area (Å²) in [6, 6.07) is 7.42. The highest BCUT2D eigenvalue weighted by atomic mass is 35.5. The number of aliphatic carboxylic acids is 1. The fraction of sp³-hybridized carbons (Fsp3) is 0.182. The SMILES string of the molecule is O=C(O)Cc1nc(CSc2cccc(Cl)c2)no1. The minimum atomic E-state index is -0.993. The zero-order chi connectivity index (χ0) is 13.0. The molecule has 18 heavy (non-hydrogen) atoms. The zero-order valence-electron chi connectivity index (χ0n) is 9.17. The van der Waals surface area contributed by atoms with Gasteiger partial charge in [0.15, 0.2) is 5.82 Å². The molecule has 0 bridgehead atoms. The second-order valence-electron chi connectivity index (χ2n) is 3.42. The molecular weight excluding hydrogens is 276 g/mol. The molecule has 2 rings (SSSR count). The minimum absolute atomic E-state index is 0.115. The summed E-state index contributed by atoms with van der Waals surface area (Å²) in [7, 11) is 0. The van der Waals surface area contributed by atoms with Gasteiger partial charge in [0.25, 0.3) is 0 Å². The molecule has 0 fully saturated rings. The number of carbonyl (C=O) groups is 1. The van der Waals surface area contributed by atoms with E-state index < -0.39 is 5.97 Å². The van der Waals surface area contributed by atoms with Crippen molar-refractivity contribution in [2.45, 2.75) is 17.1 Å². The van der Waals surface area contributed by atoms with Gasteiger partial charge in [-0.2, -0.15) is 4.98 Å². The van der Waals surface area contributed by atoms with Crippen LogP contribution in [0.25, 0.3) is 0 Å². The molecule has 0 atom stereocenters. The third-order valence-corrected chi connectivity index (χ3v) is 3.20. The highest BCUT2D eigenvalue weighted by Gasteiger charge is 2.10. The maximum absolute atomic E-state index is 10.4. The topological polar surface area (TPSA) is 76.2 Å². The van der Waals surface area contributed by atoms with Gasteiger partial charge in [-0.1, -0.05) is 22.8 Å². The molecule has 0 spiro atoms. The average Bonchev–Trinajstić information content (AvgIpc) is 2.73. The van der Waals surface area contributed by atoms with Crippen LogP contribution < -0.4 is 0 Å². The van der Waals surface area contributed by atoms with E-state index in [0.717, 1.165) is 4.90 Å². The lowest BCUT2D eigenvalue weighted by Gasteiger charge is -1.98. The highest BCUT2D eigenvalue weighted by Crippen LogP contribution is 2.24. The standard InChI is InChI=1S/C11H9ClN2O3S/c12-7-2-1-3-8(4-7)18-6-9-13-10(17-14-9)5-11(15)16/h1-4H,5-6H2,(H,15,16). The number of carboxylic acid groups (broad SMARTS) is 1. The number of hydrogen-bond acceptors (Lipinski definition) is 5.